The van der Waals surface area contributed by atoms with E-state index in [1.807, 2.05) is 74.5 Å². The van der Waals surface area contributed by atoms with Gasteiger partial charge in [-0.3, -0.25) is 4.79 Å². The van der Waals surface area contributed by atoms with Gasteiger partial charge in [-0.15, -0.1) is 0 Å². The van der Waals surface area contributed by atoms with E-state index in [-0.39, 0.29) is 18.0 Å². The van der Waals surface area contributed by atoms with Gasteiger partial charge in [0.25, 0.3) is 0 Å². The molecule has 1 aliphatic heterocycles. The fraction of sp³-hybridized carbons (Fsp3) is 0.310. The molecule has 4 rings (SSSR count). The third-order valence-corrected chi connectivity index (χ3v) is 6.63. The Hall–Kier alpha value is -4.00. The van der Waals surface area contributed by atoms with Crippen LogP contribution >= 0.6 is 0 Å². The van der Waals surface area contributed by atoms with Crippen molar-refractivity contribution >= 4 is 17.6 Å². The summed E-state index contributed by atoms with van der Waals surface area (Å²) in [6, 6.07) is 18.4. The molecule has 0 saturated carbocycles. The lowest BCUT2D eigenvalue weighted by molar-refractivity contribution is -0.117. The van der Waals surface area contributed by atoms with Crippen molar-refractivity contribution in [2.75, 3.05) is 26.1 Å². The van der Waals surface area contributed by atoms with Crippen molar-refractivity contribution in [1.82, 2.24) is 10.2 Å². The number of methoxy groups -OCH3 is 2. The summed E-state index contributed by atoms with van der Waals surface area (Å²) in [7, 11) is 3.22. The van der Waals surface area contributed by atoms with Crippen LogP contribution in [0.1, 0.15) is 40.8 Å². The summed E-state index contributed by atoms with van der Waals surface area (Å²) in [5.41, 5.74) is 5.83. The molecule has 3 aromatic rings. The highest BCUT2D eigenvalue weighted by molar-refractivity contribution is 5.97. The summed E-state index contributed by atoms with van der Waals surface area (Å²) < 4.78 is 11.1. The number of benzene rings is 3. The summed E-state index contributed by atoms with van der Waals surface area (Å²) in [6.07, 6.45) is 0.662. The van der Waals surface area contributed by atoms with Gasteiger partial charge in [0.05, 0.1) is 20.3 Å². The smallest absolute Gasteiger partial charge is 0.318 e. The van der Waals surface area contributed by atoms with Gasteiger partial charge in [0.2, 0.25) is 5.91 Å². The first-order valence-electron chi connectivity index (χ1n) is 12.1. The minimum atomic E-state index is -0.722. The van der Waals surface area contributed by atoms with Crippen LogP contribution in [0.3, 0.4) is 0 Å². The maximum Gasteiger partial charge on any atom is 0.318 e. The van der Waals surface area contributed by atoms with Gasteiger partial charge in [-0.1, -0.05) is 42.5 Å². The predicted octanol–water partition coefficient (Wildman–Crippen LogP) is 5.00. The van der Waals surface area contributed by atoms with E-state index in [0.29, 0.717) is 24.5 Å². The summed E-state index contributed by atoms with van der Waals surface area (Å²) in [5, 5.41) is 5.85. The van der Waals surface area contributed by atoms with Crippen LogP contribution in [-0.4, -0.2) is 43.6 Å². The molecule has 2 atom stereocenters. The average Bonchev–Trinajstić information content (AvgIpc) is 2.89. The number of hydrogen-bond acceptors (Lipinski definition) is 4. The van der Waals surface area contributed by atoms with Gasteiger partial charge in [-0.2, -0.15) is 0 Å². The van der Waals surface area contributed by atoms with Gasteiger partial charge in [-0.25, -0.2) is 4.79 Å². The van der Waals surface area contributed by atoms with Crippen LogP contribution in [0.25, 0.3) is 0 Å². The lowest BCUT2D eigenvalue weighted by atomic mass is 9.88. The summed E-state index contributed by atoms with van der Waals surface area (Å²) in [5.74, 6) is 1.01. The third-order valence-electron chi connectivity index (χ3n) is 6.63. The van der Waals surface area contributed by atoms with Crippen LogP contribution in [-0.2, 0) is 11.2 Å². The Morgan fingerprint density at radius 3 is 2.36 bits per heavy atom. The molecule has 0 fully saturated rings. The molecule has 1 unspecified atom stereocenters. The SMILES string of the molecule is COc1cc2c(cc1OC)C(c1ccccc1)N(C(=O)N[C@H](C)C(=O)Nc1cc(C)ccc1C)CC2. The van der Waals surface area contributed by atoms with Crippen molar-refractivity contribution in [1.29, 1.82) is 0 Å². The number of urea groups is 1. The van der Waals surface area contributed by atoms with E-state index in [1.54, 1.807) is 26.0 Å². The molecular weight excluding hydrogens is 454 g/mol. The van der Waals surface area contributed by atoms with Crippen LogP contribution < -0.4 is 20.1 Å². The van der Waals surface area contributed by atoms with Crippen molar-refractivity contribution in [3.05, 3.63) is 88.5 Å². The Balaban J connectivity index is 1.59. The number of aryl methyl sites for hydroxylation is 2. The largest absolute Gasteiger partial charge is 0.493 e. The van der Waals surface area contributed by atoms with Crippen LogP contribution in [0.5, 0.6) is 11.5 Å². The highest BCUT2D eigenvalue weighted by Gasteiger charge is 2.34. The number of nitrogens with one attached hydrogen (secondary N) is 2. The zero-order valence-electron chi connectivity index (χ0n) is 21.4. The van der Waals surface area contributed by atoms with E-state index in [9.17, 15) is 9.59 Å². The topological polar surface area (TPSA) is 79.9 Å². The maximum atomic E-state index is 13.5. The molecule has 0 spiro atoms. The number of hydrogen-bond donors (Lipinski definition) is 2. The normalized spacial score (nSPS) is 15.5. The van der Waals surface area contributed by atoms with Gasteiger partial charge in [0.15, 0.2) is 11.5 Å². The first-order valence-corrected chi connectivity index (χ1v) is 12.1. The molecule has 0 bridgehead atoms. The number of carbonyl (C=O) groups is 2. The summed E-state index contributed by atoms with van der Waals surface area (Å²) >= 11 is 0. The lowest BCUT2D eigenvalue weighted by Gasteiger charge is -2.38. The second-order valence-electron chi connectivity index (χ2n) is 9.14. The number of ether oxygens (including phenoxy) is 2. The summed E-state index contributed by atoms with van der Waals surface area (Å²) in [4.78, 5) is 28.2. The monoisotopic (exact) mass is 487 g/mol. The molecule has 7 heteroatoms. The molecular formula is C29H33N3O4. The molecule has 7 nitrogen and oxygen atoms in total. The lowest BCUT2D eigenvalue weighted by Crippen LogP contribution is -2.51. The first kappa shape index (κ1) is 25.1. The number of nitrogens with zero attached hydrogens (tertiary/aromatic N) is 1. The second-order valence-corrected chi connectivity index (χ2v) is 9.14. The standard InChI is InChI=1S/C29H33N3O4/c1-18-11-12-19(2)24(15-18)31-28(33)20(3)30-29(34)32-14-13-22-16-25(35-4)26(36-5)17-23(22)27(32)21-9-7-6-8-10-21/h6-12,15-17,20,27H,13-14H2,1-5H3,(H,30,34)(H,31,33)/t20-,27?/m1/s1. The Labute approximate surface area is 212 Å². The zero-order valence-corrected chi connectivity index (χ0v) is 21.4. The molecule has 0 aliphatic carbocycles. The molecule has 0 aromatic heterocycles. The molecule has 0 radical (unpaired) electrons. The molecule has 2 N–H and O–H groups in total. The fourth-order valence-corrected chi connectivity index (χ4v) is 4.60. The van der Waals surface area contributed by atoms with Crippen LogP contribution in [0.2, 0.25) is 0 Å². The second kappa shape index (κ2) is 10.7. The molecule has 36 heavy (non-hydrogen) atoms. The number of fused-ring (bicyclic) bond motifs is 1. The van der Waals surface area contributed by atoms with E-state index in [2.05, 4.69) is 10.6 Å². The molecule has 188 valence electrons. The number of rotatable bonds is 6. The summed E-state index contributed by atoms with van der Waals surface area (Å²) in [6.45, 7) is 6.11. The number of carbonyl (C=O) groups excluding carboxylic acids is 2. The van der Waals surface area contributed by atoms with Crippen LogP contribution in [0, 0.1) is 13.8 Å². The first-order chi connectivity index (χ1) is 17.3. The fourth-order valence-electron chi connectivity index (χ4n) is 4.60. The Kier molecular flexibility index (Phi) is 7.48. The molecule has 3 amide bonds. The van der Waals surface area contributed by atoms with E-state index >= 15 is 0 Å². The Morgan fingerprint density at radius 2 is 1.67 bits per heavy atom. The van der Waals surface area contributed by atoms with Gasteiger partial charge in [0, 0.05) is 12.2 Å². The van der Waals surface area contributed by atoms with Crippen molar-refractivity contribution < 1.29 is 19.1 Å². The van der Waals surface area contributed by atoms with Crippen molar-refractivity contribution in [2.24, 2.45) is 0 Å². The maximum absolute atomic E-state index is 13.5. The minimum absolute atomic E-state index is 0.267. The van der Waals surface area contributed by atoms with Gasteiger partial charge in [-0.05, 0) is 73.2 Å². The molecule has 3 aromatic carbocycles. The highest BCUT2D eigenvalue weighted by atomic mass is 16.5. The predicted molar refractivity (Wildman–Crippen MR) is 141 cm³/mol. The third kappa shape index (κ3) is 5.15. The van der Waals surface area contributed by atoms with E-state index < -0.39 is 6.04 Å². The Morgan fingerprint density at radius 1 is 0.972 bits per heavy atom. The molecule has 1 heterocycles. The van der Waals surface area contributed by atoms with Crippen molar-refractivity contribution in [3.63, 3.8) is 0 Å². The minimum Gasteiger partial charge on any atom is -0.493 e. The van der Waals surface area contributed by atoms with Crippen LogP contribution in [0.4, 0.5) is 10.5 Å². The van der Waals surface area contributed by atoms with Gasteiger partial charge < -0.3 is 25.0 Å². The van der Waals surface area contributed by atoms with Gasteiger partial charge in [0.1, 0.15) is 6.04 Å². The quantitative estimate of drug-likeness (QED) is 0.513. The highest BCUT2D eigenvalue weighted by Crippen LogP contribution is 2.41. The van der Waals surface area contributed by atoms with Gasteiger partial charge >= 0.3 is 6.03 Å². The van der Waals surface area contributed by atoms with E-state index in [4.69, 9.17) is 9.47 Å². The van der Waals surface area contributed by atoms with E-state index in [0.717, 1.165) is 33.5 Å². The Bertz CT molecular complexity index is 1260. The van der Waals surface area contributed by atoms with E-state index in [1.165, 1.54) is 0 Å². The average molecular weight is 488 g/mol. The number of amides is 3. The number of anilines is 1. The van der Waals surface area contributed by atoms with Crippen LogP contribution in [0.15, 0.2) is 60.7 Å². The molecule has 0 saturated heterocycles. The van der Waals surface area contributed by atoms with Crippen molar-refractivity contribution in [3.8, 4) is 11.5 Å². The molecule has 1 aliphatic rings. The van der Waals surface area contributed by atoms with Crippen molar-refractivity contribution in [2.45, 2.75) is 39.3 Å². The zero-order chi connectivity index (χ0) is 25.8.